The molecule has 0 radical (unpaired) electrons. The van der Waals surface area contributed by atoms with Crippen LogP contribution in [0.5, 0.6) is 0 Å². The molecule has 4 amide bonds. The van der Waals surface area contributed by atoms with Crippen molar-refractivity contribution in [1.29, 1.82) is 0 Å². The number of hydrogen-bond acceptors (Lipinski definition) is 5. The molecular formula is C27H44N4O5. The molecule has 4 atom stereocenters. The number of likely N-dealkylation sites (N-methyl/N-ethyl adjacent to an activating group) is 1. The Morgan fingerprint density at radius 3 is 2.17 bits per heavy atom. The molecule has 9 heteroatoms. The van der Waals surface area contributed by atoms with Crippen LogP contribution in [0.3, 0.4) is 0 Å². The first-order valence-electron chi connectivity index (χ1n) is 13.7. The van der Waals surface area contributed by atoms with Crippen molar-refractivity contribution in [3.63, 3.8) is 0 Å². The molecule has 1 spiro atoms. The third kappa shape index (κ3) is 5.41. The number of amides is 4. The Morgan fingerprint density at radius 2 is 1.61 bits per heavy atom. The number of nitrogens with one attached hydrogen (secondary N) is 2. The maximum Gasteiger partial charge on any atom is 0.245 e. The van der Waals surface area contributed by atoms with Crippen molar-refractivity contribution in [1.82, 2.24) is 20.4 Å². The molecule has 4 aliphatic rings. The lowest BCUT2D eigenvalue weighted by Crippen LogP contribution is -2.65. The quantitative estimate of drug-likeness (QED) is 0.522. The Balaban J connectivity index is 1.41. The molecule has 202 valence electrons. The third-order valence-corrected chi connectivity index (χ3v) is 9.16. The van der Waals surface area contributed by atoms with Gasteiger partial charge in [0.2, 0.25) is 23.6 Å². The van der Waals surface area contributed by atoms with Gasteiger partial charge in [0, 0.05) is 58.1 Å². The lowest BCUT2D eigenvalue weighted by atomic mass is 9.70. The van der Waals surface area contributed by atoms with Crippen molar-refractivity contribution in [3.8, 4) is 0 Å². The molecule has 2 saturated heterocycles. The number of nitrogens with zero attached hydrogens (tertiary/aromatic N) is 2. The summed E-state index contributed by atoms with van der Waals surface area (Å²) in [5.74, 6) is -0.401. The average molecular weight is 505 g/mol. The minimum absolute atomic E-state index is 0.0478. The van der Waals surface area contributed by atoms with E-state index in [0.717, 1.165) is 19.3 Å². The Morgan fingerprint density at radius 1 is 1.00 bits per heavy atom. The van der Waals surface area contributed by atoms with Gasteiger partial charge < -0.3 is 25.2 Å². The molecule has 2 heterocycles. The molecule has 2 saturated carbocycles. The van der Waals surface area contributed by atoms with Crippen LogP contribution in [0.1, 0.15) is 66.2 Å². The number of rotatable bonds is 8. The highest BCUT2D eigenvalue weighted by Gasteiger charge is 2.61. The largest absolute Gasteiger partial charge is 0.376 e. The van der Waals surface area contributed by atoms with Gasteiger partial charge in [-0.3, -0.25) is 19.2 Å². The number of ether oxygens (including phenoxy) is 1. The van der Waals surface area contributed by atoms with Crippen LogP contribution in [-0.2, 0) is 23.9 Å². The van der Waals surface area contributed by atoms with Crippen molar-refractivity contribution >= 4 is 23.6 Å². The zero-order chi connectivity index (χ0) is 26.3. The molecule has 4 rings (SSSR count). The molecule has 36 heavy (non-hydrogen) atoms. The van der Waals surface area contributed by atoms with Crippen molar-refractivity contribution in [2.45, 2.75) is 78.4 Å². The topological polar surface area (TPSA) is 108 Å². The third-order valence-electron chi connectivity index (χ3n) is 9.16. The van der Waals surface area contributed by atoms with E-state index >= 15 is 0 Å². The number of likely N-dealkylation sites (tertiary alicyclic amines) is 2. The number of carbonyl (C=O) groups is 4. The predicted molar refractivity (Wildman–Crippen MR) is 135 cm³/mol. The second kappa shape index (κ2) is 10.3. The highest BCUT2D eigenvalue weighted by Crippen LogP contribution is 2.54. The van der Waals surface area contributed by atoms with Gasteiger partial charge >= 0.3 is 0 Å². The smallest absolute Gasteiger partial charge is 0.245 e. The highest BCUT2D eigenvalue weighted by atomic mass is 16.5. The summed E-state index contributed by atoms with van der Waals surface area (Å²) in [5, 5.41) is 5.61. The van der Waals surface area contributed by atoms with E-state index in [1.807, 2.05) is 11.8 Å². The van der Waals surface area contributed by atoms with Gasteiger partial charge in [0.05, 0.1) is 12.0 Å². The van der Waals surface area contributed by atoms with E-state index in [2.05, 4.69) is 24.5 Å². The monoisotopic (exact) mass is 504 g/mol. The van der Waals surface area contributed by atoms with E-state index in [1.165, 1.54) is 26.2 Å². The molecule has 0 aromatic carbocycles. The van der Waals surface area contributed by atoms with Gasteiger partial charge in [-0.05, 0) is 37.5 Å². The van der Waals surface area contributed by atoms with Gasteiger partial charge in [0.25, 0.3) is 0 Å². The van der Waals surface area contributed by atoms with Crippen LogP contribution in [0.15, 0.2) is 0 Å². The standard InChI is InChI=1S/C27H44N4O5/c1-17(36-13-19-9-7-6-8-10-19)22(24(34)28-5)29-23(33)21-12-30(18(2)32)14-27(21)15-31(16-27)25(35)20-11-26(20,3)4/h17,19-22H,6-16H2,1-5H3,(H,28,34)(H,29,33)/t17-,20-,21+,22+/m1/s1. The Bertz CT molecular complexity index is 877. The number of carbonyl (C=O) groups excluding carboxylic acids is 4. The summed E-state index contributed by atoms with van der Waals surface area (Å²) in [7, 11) is 1.55. The van der Waals surface area contributed by atoms with Crippen molar-refractivity contribution < 1.29 is 23.9 Å². The maximum absolute atomic E-state index is 13.6. The fourth-order valence-electron chi connectivity index (χ4n) is 6.41. The molecule has 2 aliphatic carbocycles. The summed E-state index contributed by atoms with van der Waals surface area (Å²) < 4.78 is 6.09. The lowest BCUT2D eigenvalue weighted by Gasteiger charge is -2.50. The molecule has 4 fully saturated rings. The van der Waals surface area contributed by atoms with Crippen LogP contribution < -0.4 is 10.6 Å². The fraction of sp³-hybridized carbons (Fsp3) is 0.852. The molecule has 2 aliphatic heterocycles. The zero-order valence-electron chi connectivity index (χ0n) is 22.6. The second-order valence-corrected chi connectivity index (χ2v) is 12.4. The van der Waals surface area contributed by atoms with Gasteiger partial charge in [0.15, 0.2) is 0 Å². The van der Waals surface area contributed by atoms with Gasteiger partial charge in [-0.1, -0.05) is 33.1 Å². The van der Waals surface area contributed by atoms with Gasteiger partial charge in [-0.2, -0.15) is 0 Å². The second-order valence-electron chi connectivity index (χ2n) is 12.4. The molecule has 0 aromatic rings. The van der Waals surface area contributed by atoms with E-state index in [9.17, 15) is 19.2 Å². The Labute approximate surface area is 215 Å². The first-order valence-corrected chi connectivity index (χ1v) is 13.7. The molecule has 0 unspecified atom stereocenters. The van der Waals surface area contributed by atoms with Crippen molar-refractivity contribution in [2.24, 2.45) is 28.6 Å². The van der Waals surface area contributed by atoms with E-state index in [-0.39, 0.29) is 35.0 Å². The van der Waals surface area contributed by atoms with Crippen LogP contribution in [0.4, 0.5) is 0 Å². The van der Waals surface area contributed by atoms with Gasteiger partial charge in [0.1, 0.15) is 6.04 Å². The lowest BCUT2D eigenvalue weighted by molar-refractivity contribution is -0.152. The molecule has 2 N–H and O–H groups in total. The first kappa shape index (κ1) is 26.9. The summed E-state index contributed by atoms with van der Waals surface area (Å²) in [4.78, 5) is 55.0. The van der Waals surface area contributed by atoms with E-state index in [0.29, 0.717) is 38.7 Å². The Kier molecular flexibility index (Phi) is 7.70. The number of hydrogen-bond donors (Lipinski definition) is 2. The molecular weight excluding hydrogens is 460 g/mol. The summed E-state index contributed by atoms with van der Waals surface area (Å²) >= 11 is 0. The first-order chi connectivity index (χ1) is 17.0. The van der Waals surface area contributed by atoms with Crippen LogP contribution in [0.25, 0.3) is 0 Å². The van der Waals surface area contributed by atoms with Crippen LogP contribution in [-0.4, -0.2) is 85.4 Å². The average Bonchev–Trinajstić information content (AvgIpc) is 3.27. The normalized spacial score (nSPS) is 28.2. The van der Waals surface area contributed by atoms with Crippen molar-refractivity contribution in [3.05, 3.63) is 0 Å². The fourth-order valence-corrected chi connectivity index (χ4v) is 6.41. The van der Waals surface area contributed by atoms with Crippen LogP contribution in [0, 0.1) is 28.6 Å². The molecule has 9 nitrogen and oxygen atoms in total. The highest BCUT2D eigenvalue weighted by molar-refractivity contribution is 5.90. The SMILES string of the molecule is CNC(=O)[C@@H](NC(=O)[C@@H]1CN(C(C)=O)CC12CN(C(=O)[C@H]1CC1(C)C)C2)[C@@H](C)OCC1CCCCC1. The summed E-state index contributed by atoms with van der Waals surface area (Å²) in [5.41, 5.74) is -0.421. The molecule has 0 aromatic heterocycles. The zero-order valence-corrected chi connectivity index (χ0v) is 22.6. The van der Waals surface area contributed by atoms with Crippen molar-refractivity contribution in [2.75, 3.05) is 39.8 Å². The summed E-state index contributed by atoms with van der Waals surface area (Å²) in [6.45, 7) is 9.83. The minimum Gasteiger partial charge on any atom is -0.376 e. The predicted octanol–water partition coefficient (Wildman–Crippen LogP) is 1.56. The van der Waals surface area contributed by atoms with E-state index < -0.39 is 23.5 Å². The molecule has 0 bridgehead atoms. The minimum atomic E-state index is -0.820. The summed E-state index contributed by atoms with van der Waals surface area (Å²) in [6, 6.07) is -0.820. The Hall–Kier alpha value is -2.16. The summed E-state index contributed by atoms with van der Waals surface area (Å²) in [6.07, 6.45) is 6.40. The van der Waals surface area contributed by atoms with Gasteiger partial charge in [-0.25, -0.2) is 0 Å². The maximum atomic E-state index is 13.6. The van der Waals surface area contributed by atoms with Gasteiger partial charge in [-0.15, -0.1) is 0 Å². The van der Waals surface area contributed by atoms with E-state index in [1.54, 1.807) is 11.9 Å². The van der Waals surface area contributed by atoms with E-state index in [4.69, 9.17) is 4.74 Å². The van der Waals surface area contributed by atoms with Crippen LogP contribution in [0.2, 0.25) is 0 Å². The van der Waals surface area contributed by atoms with Crippen LogP contribution >= 0.6 is 0 Å².